The van der Waals surface area contributed by atoms with Crippen molar-refractivity contribution in [1.82, 2.24) is 4.98 Å². The van der Waals surface area contributed by atoms with Gasteiger partial charge in [-0.1, -0.05) is 11.3 Å². The molecular formula is C17H21N3O3S. The lowest BCUT2D eigenvalue weighted by Crippen LogP contribution is -2.36. The summed E-state index contributed by atoms with van der Waals surface area (Å²) in [7, 11) is 0. The molecule has 0 radical (unpaired) electrons. The number of nitrogens with one attached hydrogen (secondary N) is 1. The smallest absolute Gasteiger partial charge is 0.226 e. The Balaban J connectivity index is 1.45. The molecule has 2 aliphatic rings. The normalized spacial score (nSPS) is 21.3. The Morgan fingerprint density at radius 3 is 3.00 bits per heavy atom. The molecule has 24 heavy (non-hydrogen) atoms. The third-order valence-electron chi connectivity index (χ3n) is 4.38. The summed E-state index contributed by atoms with van der Waals surface area (Å²) in [6.45, 7) is 4.03. The minimum absolute atomic E-state index is 0.0131. The molecule has 2 fully saturated rings. The number of thiazole rings is 1. The topological polar surface area (TPSA) is 63.7 Å². The fourth-order valence-corrected chi connectivity index (χ4v) is 4.16. The van der Waals surface area contributed by atoms with Gasteiger partial charge in [-0.3, -0.25) is 4.79 Å². The Hall–Kier alpha value is -1.70. The summed E-state index contributed by atoms with van der Waals surface area (Å²) < 4.78 is 12.0. The van der Waals surface area contributed by atoms with Crippen LogP contribution < -0.4 is 10.2 Å². The summed E-state index contributed by atoms with van der Waals surface area (Å²) in [6.07, 6.45) is 2.53. The van der Waals surface area contributed by atoms with Crippen LogP contribution in [-0.2, 0) is 14.3 Å². The zero-order valence-electron chi connectivity index (χ0n) is 13.5. The van der Waals surface area contributed by atoms with Crippen LogP contribution in [-0.4, -0.2) is 49.9 Å². The number of hydrogen-bond donors (Lipinski definition) is 1. The zero-order valence-corrected chi connectivity index (χ0v) is 14.3. The fourth-order valence-electron chi connectivity index (χ4n) is 3.10. The van der Waals surface area contributed by atoms with Crippen LogP contribution >= 0.6 is 11.3 Å². The van der Waals surface area contributed by atoms with Crippen molar-refractivity contribution in [2.24, 2.45) is 0 Å². The van der Waals surface area contributed by atoms with Crippen LogP contribution in [0.4, 0.5) is 10.8 Å². The molecule has 4 rings (SSSR count). The summed E-state index contributed by atoms with van der Waals surface area (Å²) in [5.41, 5.74) is 1.79. The van der Waals surface area contributed by atoms with Gasteiger partial charge in [-0.05, 0) is 31.0 Å². The summed E-state index contributed by atoms with van der Waals surface area (Å²) in [4.78, 5) is 19.1. The first-order chi connectivity index (χ1) is 11.8. The molecule has 0 bridgehead atoms. The predicted molar refractivity (Wildman–Crippen MR) is 94.9 cm³/mol. The Morgan fingerprint density at radius 2 is 2.21 bits per heavy atom. The van der Waals surface area contributed by atoms with E-state index in [0.717, 1.165) is 66.8 Å². The van der Waals surface area contributed by atoms with Crippen LogP contribution in [0.5, 0.6) is 0 Å². The van der Waals surface area contributed by atoms with Gasteiger partial charge in [0.2, 0.25) is 5.91 Å². The van der Waals surface area contributed by atoms with Crippen LogP contribution in [0, 0.1) is 0 Å². The molecule has 0 unspecified atom stereocenters. The van der Waals surface area contributed by atoms with Gasteiger partial charge in [0.15, 0.2) is 5.13 Å². The predicted octanol–water partition coefficient (Wildman–Crippen LogP) is 2.64. The van der Waals surface area contributed by atoms with E-state index in [-0.39, 0.29) is 12.0 Å². The van der Waals surface area contributed by atoms with Crippen molar-refractivity contribution in [3.63, 3.8) is 0 Å². The molecular weight excluding hydrogens is 326 g/mol. The molecule has 1 N–H and O–H groups in total. The van der Waals surface area contributed by atoms with Crippen LogP contribution in [0.2, 0.25) is 0 Å². The van der Waals surface area contributed by atoms with Crippen molar-refractivity contribution in [3.05, 3.63) is 18.2 Å². The summed E-state index contributed by atoms with van der Waals surface area (Å²) in [5.74, 6) is 0.0131. The van der Waals surface area contributed by atoms with Crippen molar-refractivity contribution in [1.29, 1.82) is 0 Å². The molecule has 0 spiro atoms. The summed E-state index contributed by atoms with van der Waals surface area (Å²) >= 11 is 1.66. The first-order valence-corrected chi connectivity index (χ1v) is 9.24. The van der Waals surface area contributed by atoms with Crippen LogP contribution in [0.1, 0.15) is 19.3 Å². The number of fused-ring (bicyclic) bond motifs is 1. The molecule has 7 heteroatoms. The van der Waals surface area contributed by atoms with E-state index in [9.17, 15) is 4.79 Å². The van der Waals surface area contributed by atoms with E-state index in [2.05, 4.69) is 10.2 Å². The van der Waals surface area contributed by atoms with Crippen molar-refractivity contribution >= 4 is 38.3 Å². The molecule has 0 aliphatic carbocycles. The van der Waals surface area contributed by atoms with Gasteiger partial charge >= 0.3 is 0 Å². The number of amides is 1. The second-order valence-corrected chi connectivity index (χ2v) is 7.17. The number of hydrogen-bond acceptors (Lipinski definition) is 6. The molecule has 2 aromatic rings. The third-order valence-corrected chi connectivity index (χ3v) is 5.46. The largest absolute Gasteiger partial charge is 0.378 e. The number of morpholine rings is 1. The monoisotopic (exact) mass is 347 g/mol. The van der Waals surface area contributed by atoms with E-state index in [1.165, 1.54) is 0 Å². The van der Waals surface area contributed by atoms with Gasteiger partial charge in [-0.25, -0.2) is 4.98 Å². The van der Waals surface area contributed by atoms with Crippen molar-refractivity contribution in [2.45, 2.75) is 25.4 Å². The lowest BCUT2D eigenvalue weighted by molar-refractivity contribution is -0.118. The molecule has 6 nitrogen and oxygen atoms in total. The molecule has 1 aromatic carbocycles. The number of carbonyl (C=O) groups is 1. The summed E-state index contributed by atoms with van der Waals surface area (Å²) in [6, 6.07) is 5.89. The standard InChI is InChI=1S/C17H21N3O3S/c21-16(11-13-2-1-7-23-13)18-12-3-4-14-15(10-12)24-17(19-14)20-5-8-22-9-6-20/h3-4,10,13H,1-2,5-9,11H2,(H,18,21)/t13-/m1/s1. The maximum absolute atomic E-state index is 12.1. The van der Waals surface area contributed by atoms with E-state index in [1.807, 2.05) is 18.2 Å². The van der Waals surface area contributed by atoms with E-state index < -0.39 is 0 Å². The number of carbonyl (C=O) groups excluding carboxylic acids is 1. The molecule has 3 heterocycles. The lowest BCUT2D eigenvalue weighted by Gasteiger charge is -2.25. The lowest BCUT2D eigenvalue weighted by atomic mass is 10.2. The number of anilines is 2. The SMILES string of the molecule is O=C(C[C@H]1CCCO1)Nc1ccc2nc(N3CCOCC3)sc2c1. The van der Waals surface area contributed by atoms with Gasteiger partial charge in [0.05, 0.1) is 36.0 Å². The first-order valence-electron chi connectivity index (χ1n) is 8.43. The number of rotatable bonds is 4. The number of ether oxygens (including phenoxy) is 2. The molecule has 2 saturated heterocycles. The quantitative estimate of drug-likeness (QED) is 0.921. The molecule has 1 atom stereocenters. The van der Waals surface area contributed by atoms with E-state index in [4.69, 9.17) is 14.5 Å². The Labute approximate surface area is 144 Å². The maximum Gasteiger partial charge on any atom is 0.226 e. The van der Waals surface area contributed by atoms with Crippen LogP contribution in [0.3, 0.4) is 0 Å². The van der Waals surface area contributed by atoms with Gasteiger partial charge in [0.25, 0.3) is 0 Å². The van der Waals surface area contributed by atoms with E-state index in [0.29, 0.717) is 6.42 Å². The molecule has 2 aliphatic heterocycles. The Kier molecular flexibility index (Phi) is 4.64. The van der Waals surface area contributed by atoms with Gasteiger partial charge in [0.1, 0.15) is 0 Å². The van der Waals surface area contributed by atoms with Gasteiger partial charge in [-0.15, -0.1) is 0 Å². The molecule has 128 valence electrons. The highest BCUT2D eigenvalue weighted by Crippen LogP contribution is 2.31. The number of nitrogens with zero attached hydrogens (tertiary/aromatic N) is 2. The highest BCUT2D eigenvalue weighted by Gasteiger charge is 2.19. The van der Waals surface area contributed by atoms with Gasteiger partial charge in [-0.2, -0.15) is 0 Å². The highest BCUT2D eigenvalue weighted by atomic mass is 32.1. The van der Waals surface area contributed by atoms with Crippen molar-refractivity contribution in [2.75, 3.05) is 43.1 Å². The van der Waals surface area contributed by atoms with E-state index in [1.54, 1.807) is 11.3 Å². The first kappa shape index (κ1) is 15.8. The van der Waals surface area contributed by atoms with Crippen LogP contribution in [0.25, 0.3) is 10.2 Å². The van der Waals surface area contributed by atoms with Crippen molar-refractivity contribution < 1.29 is 14.3 Å². The Morgan fingerprint density at radius 1 is 1.33 bits per heavy atom. The highest BCUT2D eigenvalue weighted by molar-refractivity contribution is 7.22. The fraction of sp³-hybridized carbons (Fsp3) is 0.529. The van der Waals surface area contributed by atoms with Crippen molar-refractivity contribution in [3.8, 4) is 0 Å². The van der Waals surface area contributed by atoms with E-state index >= 15 is 0 Å². The second kappa shape index (κ2) is 7.04. The van der Waals surface area contributed by atoms with Crippen LogP contribution in [0.15, 0.2) is 18.2 Å². The third kappa shape index (κ3) is 3.53. The maximum atomic E-state index is 12.1. The van der Waals surface area contributed by atoms with Gasteiger partial charge < -0.3 is 19.7 Å². The average Bonchev–Trinajstić information content (AvgIpc) is 3.24. The second-order valence-electron chi connectivity index (χ2n) is 6.17. The zero-order chi connectivity index (χ0) is 16.4. The number of benzene rings is 1. The number of aromatic nitrogens is 1. The summed E-state index contributed by atoms with van der Waals surface area (Å²) in [5, 5.41) is 4.00. The molecule has 0 saturated carbocycles. The average molecular weight is 347 g/mol. The minimum atomic E-state index is 0.0131. The molecule has 1 amide bonds. The minimum Gasteiger partial charge on any atom is -0.378 e. The van der Waals surface area contributed by atoms with Gasteiger partial charge in [0, 0.05) is 25.4 Å². The molecule has 1 aromatic heterocycles. The Bertz CT molecular complexity index is 721.